The molecule has 2 heterocycles. The number of aromatic nitrogens is 1. The van der Waals surface area contributed by atoms with E-state index in [4.69, 9.17) is 11.6 Å². The molecule has 1 aromatic heterocycles. The van der Waals surface area contributed by atoms with Crippen molar-refractivity contribution in [3.05, 3.63) is 35.5 Å². The van der Waals surface area contributed by atoms with Crippen molar-refractivity contribution in [2.75, 3.05) is 26.2 Å². The largest absolute Gasteiger partial charge is 0.315 e. The predicted molar refractivity (Wildman–Crippen MR) is 83.0 cm³/mol. The molecule has 0 saturated carbocycles. The van der Waals surface area contributed by atoms with E-state index < -0.39 is 10.0 Å². The maximum absolute atomic E-state index is 12.9. The maximum atomic E-state index is 12.9. The van der Waals surface area contributed by atoms with Crippen LogP contribution in [0.4, 0.5) is 0 Å². The van der Waals surface area contributed by atoms with Crippen LogP contribution < -0.4 is 5.32 Å². The van der Waals surface area contributed by atoms with Gasteiger partial charge in [-0.25, -0.2) is 8.42 Å². The van der Waals surface area contributed by atoms with Crippen LogP contribution in [0.15, 0.2) is 35.4 Å². The van der Waals surface area contributed by atoms with Gasteiger partial charge in [-0.15, -0.1) is 0 Å². The zero-order valence-corrected chi connectivity index (χ0v) is 13.0. The van der Waals surface area contributed by atoms with Gasteiger partial charge in [-0.2, -0.15) is 4.31 Å². The molecule has 1 fully saturated rings. The Morgan fingerprint density at radius 2 is 2.05 bits per heavy atom. The number of fused-ring (bicyclic) bond motifs is 1. The minimum atomic E-state index is -3.53. The topological polar surface area (TPSA) is 62.3 Å². The normalized spacial score (nSPS) is 17.8. The first-order valence-corrected chi connectivity index (χ1v) is 8.66. The van der Waals surface area contributed by atoms with Gasteiger partial charge in [-0.3, -0.25) is 4.98 Å². The van der Waals surface area contributed by atoms with Crippen LogP contribution in [-0.4, -0.2) is 43.9 Å². The lowest BCUT2D eigenvalue weighted by Gasteiger charge is -2.20. The molecule has 1 aliphatic rings. The Hall–Kier alpha value is -1.21. The van der Waals surface area contributed by atoms with Gasteiger partial charge in [0.15, 0.2) is 0 Å². The van der Waals surface area contributed by atoms with Crippen molar-refractivity contribution in [3.63, 3.8) is 0 Å². The third-order valence-electron chi connectivity index (χ3n) is 3.60. The Bertz CT molecular complexity index is 756. The van der Waals surface area contributed by atoms with Gasteiger partial charge in [0.05, 0.1) is 15.4 Å². The molecule has 2 aromatic rings. The van der Waals surface area contributed by atoms with Crippen LogP contribution in [-0.2, 0) is 10.0 Å². The second-order valence-corrected chi connectivity index (χ2v) is 7.27. The molecule has 21 heavy (non-hydrogen) atoms. The summed E-state index contributed by atoms with van der Waals surface area (Å²) in [6.45, 7) is 2.52. The van der Waals surface area contributed by atoms with E-state index in [0.717, 1.165) is 13.0 Å². The summed E-state index contributed by atoms with van der Waals surface area (Å²) in [6, 6.07) is 6.64. The molecular weight excluding hydrogens is 310 g/mol. The van der Waals surface area contributed by atoms with Crippen molar-refractivity contribution in [2.45, 2.75) is 11.3 Å². The number of halogens is 1. The van der Waals surface area contributed by atoms with Crippen LogP contribution in [0.25, 0.3) is 10.9 Å². The summed E-state index contributed by atoms with van der Waals surface area (Å²) in [5, 5.41) is 4.24. The molecule has 0 radical (unpaired) electrons. The summed E-state index contributed by atoms with van der Waals surface area (Å²) in [5.41, 5.74) is 0.521. The predicted octanol–water partition coefficient (Wildman–Crippen LogP) is 1.87. The van der Waals surface area contributed by atoms with E-state index in [9.17, 15) is 8.42 Å². The van der Waals surface area contributed by atoms with Gasteiger partial charge in [-0.05, 0) is 37.2 Å². The summed E-state index contributed by atoms with van der Waals surface area (Å²) in [6.07, 6.45) is 2.42. The first-order chi connectivity index (χ1) is 10.1. The van der Waals surface area contributed by atoms with E-state index in [1.165, 1.54) is 4.31 Å². The molecule has 1 aliphatic heterocycles. The number of benzene rings is 1. The van der Waals surface area contributed by atoms with Crippen molar-refractivity contribution in [1.29, 1.82) is 0 Å². The molecule has 1 aromatic carbocycles. The second-order valence-electron chi connectivity index (χ2n) is 4.95. The van der Waals surface area contributed by atoms with E-state index in [0.29, 0.717) is 35.6 Å². The van der Waals surface area contributed by atoms with Crippen molar-refractivity contribution in [3.8, 4) is 0 Å². The summed E-state index contributed by atoms with van der Waals surface area (Å²) < 4.78 is 27.3. The zero-order valence-electron chi connectivity index (χ0n) is 11.4. The number of hydrogen-bond acceptors (Lipinski definition) is 4. The first kappa shape index (κ1) is 14.7. The molecule has 0 unspecified atom stereocenters. The number of rotatable bonds is 2. The van der Waals surface area contributed by atoms with Crippen molar-refractivity contribution in [1.82, 2.24) is 14.6 Å². The Labute approximate surface area is 129 Å². The lowest BCUT2D eigenvalue weighted by Crippen LogP contribution is -2.34. The minimum absolute atomic E-state index is 0.275. The van der Waals surface area contributed by atoms with Gasteiger partial charge in [0.2, 0.25) is 10.0 Å². The number of pyridine rings is 1. The van der Waals surface area contributed by atoms with Crippen molar-refractivity contribution < 1.29 is 8.42 Å². The average Bonchev–Trinajstić information content (AvgIpc) is 2.77. The zero-order chi connectivity index (χ0) is 14.9. The number of nitrogens with zero attached hydrogens (tertiary/aromatic N) is 2. The lowest BCUT2D eigenvalue weighted by molar-refractivity contribution is 0.432. The van der Waals surface area contributed by atoms with Crippen LogP contribution in [0.1, 0.15) is 6.42 Å². The van der Waals surface area contributed by atoms with Crippen LogP contribution in [0.2, 0.25) is 5.02 Å². The van der Waals surface area contributed by atoms with Gasteiger partial charge >= 0.3 is 0 Å². The Balaban J connectivity index is 2.12. The van der Waals surface area contributed by atoms with Gasteiger partial charge in [-0.1, -0.05) is 11.6 Å². The van der Waals surface area contributed by atoms with Gasteiger partial charge in [0, 0.05) is 31.2 Å². The highest BCUT2D eigenvalue weighted by Gasteiger charge is 2.27. The third kappa shape index (κ3) is 2.76. The fourth-order valence-corrected chi connectivity index (χ4v) is 4.41. The molecule has 0 atom stereocenters. The molecule has 0 spiro atoms. The van der Waals surface area contributed by atoms with E-state index in [-0.39, 0.29) is 4.90 Å². The number of sulfonamides is 1. The van der Waals surface area contributed by atoms with Gasteiger partial charge < -0.3 is 5.32 Å². The van der Waals surface area contributed by atoms with Crippen molar-refractivity contribution >= 4 is 32.5 Å². The highest BCUT2D eigenvalue weighted by atomic mass is 35.5. The average molecular weight is 326 g/mol. The fraction of sp³-hybridized carbons (Fsp3) is 0.357. The summed E-state index contributed by atoms with van der Waals surface area (Å²) >= 11 is 6.11. The van der Waals surface area contributed by atoms with Crippen molar-refractivity contribution in [2.24, 2.45) is 0 Å². The van der Waals surface area contributed by atoms with Crippen LogP contribution in [0.3, 0.4) is 0 Å². The maximum Gasteiger partial charge on any atom is 0.243 e. The van der Waals surface area contributed by atoms with E-state index in [1.54, 1.807) is 30.5 Å². The highest BCUT2D eigenvalue weighted by molar-refractivity contribution is 7.89. The van der Waals surface area contributed by atoms with Gasteiger partial charge in [0.25, 0.3) is 0 Å². The SMILES string of the molecule is O=S(=O)(c1ccc(Cl)c2ncccc12)N1CCCNCC1. The summed E-state index contributed by atoms with van der Waals surface area (Å²) in [5.74, 6) is 0. The standard InChI is InChI=1S/C14H16ClN3O2S/c15-12-4-5-13(11-3-1-7-17-14(11)12)21(19,20)18-9-2-6-16-8-10-18/h1,3-5,7,16H,2,6,8-10H2. The molecule has 112 valence electrons. The first-order valence-electron chi connectivity index (χ1n) is 6.85. The van der Waals surface area contributed by atoms with E-state index in [2.05, 4.69) is 10.3 Å². The smallest absolute Gasteiger partial charge is 0.243 e. The molecule has 0 bridgehead atoms. The fourth-order valence-electron chi connectivity index (χ4n) is 2.54. The molecule has 3 rings (SSSR count). The Kier molecular flexibility index (Phi) is 4.12. The number of hydrogen-bond donors (Lipinski definition) is 1. The minimum Gasteiger partial charge on any atom is -0.315 e. The lowest BCUT2D eigenvalue weighted by atomic mass is 10.2. The highest BCUT2D eigenvalue weighted by Crippen LogP contribution is 2.29. The molecule has 1 N–H and O–H groups in total. The molecule has 0 amide bonds. The summed E-state index contributed by atoms with van der Waals surface area (Å²) in [4.78, 5) is 4.47. The molecule has 0 aliphatic carbocycles. The summed E-state index contributed by atoms with van der Waals surface area (Å²) in [7, 11) is -3.53. The van der Waals surface area contributed by atoms with Crippen LogP contribution in [0, 0.1) is 0 Å². The molecular formula is C14H16ClN3O2S. The quantitative estimate of drug-likeness (QED) is 0.915. The number of nitrogens with one attached hydrogen (secondary N) is 1. The monoisotopic (exact) mass is 325 g/mol. The Morgan fingerprint density at radius 1 is 1.19 bits per heavy atom. The second kappa shape index (κ2) is 5.88. The Morgan fingerprint density at radius 3 is 2.90 bits per heavy atom. The third-order valence-corrected chi connectivity index (χ3v) is 5.86. The molecule has 7 heteroatoms. The van der Waals surface area contributed by atoms with E-state index in [1.807, 2.05) is 0 Å². The van der Waals surface area contributed by atoms with E-state index >= 15 is 0 Å². The van der Waals surface area contributed by atoms with Crippen LogP contribution >= 0.6 is 11.6 Å². The molecule has 5 nitrogen and oxygen atoms in total. The van der Waals surface area contributed by atoms with Crippen LogP contribution in [0.5, 0.6) is 0 Å². The van der Waals surface area contributed by atoms with Gasteiger partial charge in [0.1, 0.15) is 0 Å². The molecule has 1 saturated heterocycles.